The molecule has 0 bridgehead atoms. The molecule has 1 saturated heterocycles. The minimum absolute atomic E-state index is 0.133. The van der Waals surface area contributed by atoms with Gasteiger partial charge in [-0.25, -0.2) is 4.79 Å². The maximum absolute atomic E-state index is 12.7. The number of likely N-dealkylation sites (tertiary alicyclic amines) is 1. The van der Waals surface area contributed by atoms with Crippen molar-refractivity contribution in [2.75, 3.05) is 6.54 Å². The number of carbonyl (C=O) groups is 2. The first kappa shape index (κ1) is 15.9. The van der Waals surface area contributed by atoms with Crippen LogP contribution in [0.2, 0.25) is 0 Å². The van der Waals surface area contributed by atoms with Gasteiger partial charge in [0.05, 0.1) is 4.92 Å². The van der Waals surface area contributed by atoms with Crippen LogP contribution in [0, 0.1) is 23.0 Å². The molecule has 0 aromatic carbocycles. The van der Waals surface area contributed by atoms with Gasteiger partial charge in [-0.05, 0) is 25.7 Å². The number of aromatic nitrogens is 2. The van der Waals surface area contributed by atoms with Crippen molar-refractivity contribution >= 4 is 17.6 Å². The van der Waals surface area contributed by atoms with E-state index in [0.29, 0.717) is 12.8 Å². The normalized spacial score (nSPS) is 21.7. The van der Waals surface area contributed by atoms with E-state index in [1.165, 1.54) is 18.9 Å². The Morgan fingerprint density at radius 1 is 1.45 bits per heavy atom. The number of carboxylic acids is 1. The summed E-state index contributed by atoms with van der Waals surface area (Å²) in [5.41, 5.74) is -0.410. The number of hydrogen-bond donors (Lipinski definition) is 1. The monoisotopic (exact) mass is 310 g/mol. The molecule has 9 heteroatoms. The first-order valence-corrected chi connectivity index (χ1v) is 6.95. The minimum Gasteiger partial charge on any atom is -0.480 e. The van der Waals surface area contributed by atoms with Crippen LogP contribution in [0.15, 0.2) is 0 Å². The van der Waals surface area contributed by atoms with Crippen LogP contribution in [-0.2, 0) is 11.8 Å². The second kappa shape index (κ2) is 5.74. The molecule has 1 fully saturated rings. The predicted molar refractivity (Wildman–Crippen MR) is 75.5 cm³/mol. The number of nitro groups is 1. The van der Waals surface area contributed by atoms with Gasteiger partial charge in [0.25, 0.3) is 5.91 Å². The minimum atomic E-state index is -1.10. The number of aryl methyl sites for hydroxylation is 2. The molecular weight excluding hydrogens is 292 g/mol. The Balaban J connectivity index is 2.43. The third-order valence-electron chi connectivity index (χ3n) is 3.99. The van der Waals surface area contributed by atoms with Crippen LogP contribution in [0.4, 0.5) is 5.69 Å². The molecule has 1 N–H and O–H groups in total. The van der Waals surface area contributed by atoms with Crippen molar-refractivity contribution in [2.24, 2.45) is 13.0 Å². The maximum atomic E-state index is 12.7. The summed E-state index contributed by atoms with van der Waals surface area (Å²) in [6, 6.07) is -0.967. The number of carboxylic acid groups (broad SMARTS) is 1. The van der Waals surface area contributed by atoms with Crippen LogP contribution in [0.25, 0.3) is 0 Å². The van der Waals surface area contributed by atoms with E-state index in [-0.39, 0.29) is 29.5 Å². The smallest absolute Gasteiger partial charge is 0.326 e. The number of aliphatic carboxylic acids is 1. The zero-order valence-corrected chi connectivity index (χ0v) is 12.6. The van der Waals surface area contributed by atoms with Crippen LogP contribution < -0.4 is 0 Å². The van der Waals surface area contributed by atoms with Gasteiger partial charge in [0.15, 0.2) is 0 Å². The van der Waals surface area contributed by atoms with Crippen molar-refractivity contribution in [1.29, 1.82) is 0 Å². The Morgan fingerprint density at radius 3 is 2.64 bits per heavy atom. The van der Waals surface area contributed by atoms with E-state index in [1.807, 2.05) is 6.92 Å². The molecule has 1 aliphatic heterocycles. The fourth-order valence-electron chi connectivity index (χ4n) is 2.86. The Kier molecular flexibility index (Phi) is 4.16. The van der Waals surface area contributed by atoms with Gasteiger partial charge in [0, 0.05) is 13.6 Å². The van der Waals surface area contributed by atoms with Gasteiger partial charge in [-0.3, -0.25) is 19.6 Å². The molecule has 0 radical (unpaired) electrons. The Morgan fingerprint density at radius 2 is 2.09 bits per heavy atom. The summed E-state index contributed by atoms with van der Waals surface area (Å²) in [5.74, 6) is -1.57. The zero-order chi connectivity index (χ0) is 16.6. The summed E-state index contributed by atoms with van der Waals surface area (Å²) in [4.78, 5) is 35.8. The van der Waals surface area contributed by atoms with E-state index in [4.69, 9.17) is 0 Å². The molecule has 120 valence electrons. The van der Waals surface area contributed by atoms with Crippen molar-refractivity contribution in [3.63, 3.8) is 0 Å². The number of hydrogen-bond acceptors (Lipinski definition) is 5. The Labute approximate surface area is 126 Å². The average Bonchev–Trinajstić information content (AvgIpc) is 2.72. The molecule has 0 aliphatic carbocycles. The lowest BCUT2D eigenvalue weighted by molar-refractivity contribution is -0.385. The summed E-state index contributed by atoms with van der Waals surface area (Å²) in [6.45, 7) is 3.63. The van der Waals surface area contributed by atoms with E-state index in [9.17, 15) is 24.8 Å². The van der Waals surface area contributed by atoms with Crippen LogP contribution in [-0.4, -0.2) is 49.2 Å². The van der Waals surface area contributed by atoms with Crippen molar-refractivity contribution < 1.29 is 19.6 Å². The van der Waals surface area contributed by atoms with Crippen molar-refractivity contribution in [3.8, 4) is 0 Å². The van der Waals surface area contributed by atoms with E-state index < -0.39 is 22.8 Å². The van der Waals surface area contributed by atoms with Gasteiger partial charge in [-0.15, -0.1) is 0 Å². The second-order valence-electron chi connectivity index (χ2n) is 5.65. The fourth-order valence-corrected chi connectivity index (χ4v) is 2.86. The molecule has 2 atom stereocenters. The van der Waals surface area contributed by atoms with E-state index in [1.54, 1.807) is 0 Å². The summed E-state index contributed by atoms with van der Waals surface area (Å²) in [7, 11) is 1.44. The number of piperidine rings is 1. The quantitative estimate of drug-likeness (QED) is 0.656. The zero-order valence-electron chi connectivity index (χ0n) is 12.6. The molecule has 2 unspecified atom stereocenters. The highest BCUT2D eigenvalue weighted by molar-refractivity contribution is 5.99. The molecule has 1 aliphatic rings. The van der Waals surface area contributed by atoms with E-state index in [0.717, 1.165) is 4.68 Å². The molecule has 2 heterocycles. The maximum Gasteiger partial charge on any atom is 0.326 e. The fraction of sp³-hybridized carbons (Fsp3) is 0.615. The lowest BCUT2D eigenvalue weighted by Gasteiger charge is -2.35. The highest BCUT2D eigenvalue weighted by Gasteiger charge is 2.39. The lowest BCUT2D eigenvalue weighted by Crippen LogP contribution is -2.50. The van der Waals surface area contributed by atoms with Gasteiger partial charge in [-0.2, -0.15) is 5.10 Å². The lowest BCUT2D eigenvalue weighted by atomic mass is 9.92. The molecule has 1 aromatic rings. The standard InChI is InChI=1S/C13H18N4O5/c1-7-4-5-16(9(6-7)13(19)20)12(18)11-10(17(21)22)8(2)14-15(11)3/h7,9H,4-6H2,1-3H3,(H,19,20). The van der Waals surface area contributed by atoms with E-state index >= 15 is 0 Å². The molecule has 0 spiro atoms. The number of nitrogens with zero attached hydrogens (tertiary/aromatic N) is 4. The molecule has 0 saturated carbocycles. The number of amides is 1. The largest absolute Gasteiger partial charge is 0.480 e. The van der Waals surface area contributed by atoms with Crippen molar-refractivity contribution in [3.05, 3.63) is 21.5 Å². The SMILES string of the molecule is Cc1nn(C)c(C(=O)N2CCC(C)CC2C(=O)O)c1[N+](=O)[O-]. The van der Waals surface area contributed by atoms with Gasteiger partial charge >= 0.3 is 11.7 Å². The molecule has 9 nitrogen and oxygen atoms in total. The summed E-state index contributed by atoms with van der Waals surface area (Å²) in [6.07, 6.45) is 1.01. The predicted octanol–water partition coefficient (Wildman–Crippen LogP) is 0.962. The first-order chi connectivity index (χ1) is 10.2. The average molecular weight is 310 g/mol. The number of rotatable bonds is 3. The highest BCUT2D eigenvalue weighted by Crippen LogP contribution is 2.28. The van der Waals surface area contributed by atoms with E-state index in [2.05, 4.69) is 5.10 Å². The second-order valence-corrected chi connectivity index (χ2v) is 5.65. The molecule has 1 amide bonds. The summed E-state index contributed by atoms with van der Waals surface area (Å²) >= 11 is 0. The van der Waals surface area contributed by atoms with Gasteiger partial charge in [0.1, 0.15) is 11.7 Å². The number of carbonyl (C=O) groups excluding carboxylic acids is 1. The van der Waals surface area contributed by atoms with Crippen LogP contribution >= 0.6 is 0 Å². The molecular formula is C13H18N4O5. The summed E-state index contributed by atoms with van der Waals surface area (Å²) in [5, 5.41) is 24.4. The van der Waals surface area contributed by atoms with Crippen molar-refractivity contribution in [2.45, 2.75) is 32.7 Å². The Bertz CT molecular complexity index is 639. The van der Waals surface area contributed by atoms with Crippen molar-refractivity contribution in [1.82, 2.24) is 14.7 Å². The highest BCUT2D eigenvalue weighted by atomic mass is 16.6. The topological polar surface area (TPSA) is 119 Å². The van der Waals surface area contributed by atoms with Crippen LogP contribution in [0.3, 0.4) is 0 Å². The van der Waals surface area contributed by atoms with Gasteiger partial charge in [0.2, 0.25) is 5.69 Å². The van der Waals surface area contributed by atoms with Crippen LogP contribution in [0.1, 0.15) is 35.9 Å². The molecule has 22 heavy (non-hydrogen) atoms. The molecule has 2 rings (SSSR count). The third-order valence-corrected chi connectivity index (χ3v) is 3.99. The Hall–Kier alpha value is -2.45. The molecule has 1 aromatic heterocycles. The van der Waals surface area contributed by atoms with Gasteiger partial charge in [-0.1, -0.05) is 6.92 Å². The van der Waals surface area contributed by atoms with Gasteiger partial charge < -0.3 is 10.0 Å². The first-order valence-electron chi connectivity index (χ1n) is 6.95. The third kappa shape index (κ3) is 2.66. The van der Waals surface area contributed by atoms with Crippen LogP contribution in [0.5, 0.6) is 0 Å². The summed E-state index contributed by atoms with van der Waals surface area (Å²) < 4.78 is 1.15.